The summed E-state index contributed by atoms with van der Waals surface area (Å²) in [6, 6.07) is 9.03. The second-order valence-electron chi connectivity index (χ2n) is 10.1. The number of carbonyl (C=O) groups excluding carboxylic acids is 3. The predicted molar refractivity (Wildman–Crippen MR) is 145 cm³/mol. The molecule has 0 spiro atoms. The maximum Gasteiger partial charge on any atom is 0.411 e. The SMILES string of the molecule is Cc1c(Cl)cc(NC(=O)OCc2ccc3c(c2)CN(C2CCC(=O)NC2=O)C3)cc1OCCN1CCOCC1. The van der Waals surface area contributed by atoms with Crippen LogP contribution in [-0.4, -0.2) is 73.2 Å². The minimum atomic E-state index is -0.597. The van der Waals surface area contributed by atoms with Gasteiger partial charge < -0.3 is 14.2 Å². The van der Waals surface area contributed by atoms with E-state index in [0.717, 1.165) is 55.1 Å². The summed E-state index contributed by atoms with van der Waals surface area (Å²) in [5.41, 5.74) is 4.37. The summed E-state index contributed by atoms with van der Waals surface area (Å²) in [4.78, 5) is 40.6. The number of piperidine rings is 1. The van der Waals surface area contributed by atoms with Crippen molar-refractivity contribution < 1.29 is 28.6 Å². The summed E-state index contributed by atoms with van der Waals surface area (Å²) in [7, 11) is 0. The molecule has 0 bridgehead atoms. The highest BCUT2D eigenvalue weighted by atomic mass is 35.5. The van der Waals surface area contributed by atoms with E-state index in [9.17, 15) is 14.4 Å². The molecule has 2 aromatic rings. The molecule has 1 atom stereocenters. The smallest absolute Gasteiger partial charge is 0.411 e. The van der Waals surface area contributed by atoms with Crippen molar-refractivity contribution in [1.29, 1.82) is 0 Å². The van der Waals surface area contributed by atoms with Crippen LogP contribution in [0, 0.1) is 6.92 Å². The quantitative estimate of drug-likeness (QED) is 0.477. The number of imide groups is 1. The first-order chi connectivity index (χ1) is 18.9. The van der Waals surface area contributed by atoms with Crippen molar-refractivity contribution in [3.63, 3.8) is 0 Å². The van der Waals surface area contributed by atoms with E-state index in [0.29, 0.717) is 49.0 Å². The number of nitrogens with one attached hydrogen (secondary N) is 2. The summed E-state index contributed by atoms with van der Waals surface area (Å²) in [6.07, 6.45) is 0.282. The fraction of sp³-hybridized carbons (Fsp3) is 0.464. The van der Waals surface area contributed by atoms with Gasteiger partial charge in [0.2, 0.25) is 11.8 Å². The number of ether oxygens (including phenoxy) is 3. The van der Waals surface area contributed by atoms with Crippen LogP contribution in [0.25, 0.3) is 0 Å². The number of carbonyl (C=O) groups is 3. The van der Waals surface area contributed by atoms with Gasteiger partial charge >= 0.3 is 6.09 Å². The van der Waals surface area contributed by atoms with Gasteiger partial charge in [-0.2, -0.15) is 0 Å². The normalized spacial score (nSPS) is 19.9. The number of anilines is 1. The molecule has 11 heteroatoms. The van der Waals surface area contributed by atoms with E-state index in [1.165, 1.54) is 0 Å². The largest absolute Gasteiger partial charge is 0.492 e. The van der Waals surface area contributed by atoms with E-state index in [2.05, 4.69) is 20.4 Å². The molecular formula is C28H33ClN4O6. The molecule has 0 saturated carbocycles. The summed E-state index contributed by atoms with van der Waals surface area (Å²) in [6.45, 7) is 7.77. The van der Waals surface area contributed by atoms with Crippen LogP contribution in [0.3, 0.4) is 0 Å². The number of hydrogen-bond acceptors (Lipinski definition) is 8. The van der Waals surface area contributed by atoms with Crippen molar-refractivity contribution in [2.75, 3.05) is 44.8 Å². The minimum absolute atomic E-state index is 0.0973. The van der Waals surface area contributed by atoms with Crippen LogP contribution in [0.1, 0.15) is 35.1 Å². The van der Waals surface area contributed by atoms with E-state index in [4.69, 9.17) is 25.8 Å². The molecule has 5 rings (SSSR count). The Morgan fingerprint density at radius 1 is 1.15 bits per heavy atom. The zero-order chi connectivity index (χ0) is 27.4. The zero-order valence-electron chi connectivity index (χ0n) is 22.0. The van der Waals surface area contributed by atoms with E-state index in [-0.39, 0.29) is 24.5 Å². The highest BCUT2D eigenvalue weighted by Crippen LogP contribution is 2.31. The number of nitrogens with zero attached hydrogens (tertiary/aromatic N) is 2. The highest BCUT2D eigenvalue weighted by molar-refractivity contribution is 6.31. The number of fused-ring (bicyclic) bond motifs is 1. The minimum Gasteiger partial charge on any atom is -0.492 e. The van der Waals surface area contributed by atoms with Gasteiger partial charge in [0.15, 0.2) is 0 Å². The summed E-state index contributed by atoms with van der Waals surface area (Å²) in [5, 5.41) is 5.66. The van der Waals surface area contributed by atoms with Crippen molar-refractivity contribution in [3.8, 4) is 5.75 Å². The van der Waals surface area contributed by atoms with E-state index in [1.54, 1.807) is 12.1 Å². The van der Waals surface area contributed by atoms with Crippen LogP contribution in [0.15, 0.2) is 30.3 Å². The Bertz CT molecular complexity index is 1250. The van der Waals surface area contributed by atoms with Crippen LogP contribution in [0.4, 0.5) is 10.5 Å². The topological polar surface area (TPSA) is 109 Å². The number of halogens is 1. The second-order valence-corrected chi connectivity index (χ2v) is 10.5. The van der Waals surface area contributed by atoms with Gasteiger partial charge in [0, 0.05) is 61.5 Å². The molecule has 39 heavy (non-hydrogen) atoms. The Morgan fingerprint density at radius 2 is 1.95 bits per heavy atom. The average Bonchev–Trinajstić information content (AvgIpc) is 3.34. The van der Waals surface area contributed by atoms with Gasteiger partial charge in [0.25, 0.3) is 0 Å². The summed E-state index contributed by atoms with van der Waals surface area (Å²) >= 11 is 6.40. The standard InChI is InChI=1S/C28H33ClN4O6/c1-18-23(29)13-22(14-25(18)38-11-8-32-6-9-37-10-7-32)30-28(36)39-17-19-2-3-20-15-33(16-21(20)12-19)24-4-5-26(34)31-27(24)35/h2-3,12-14,24H,4-11,15-17H2,1H3,(H,30,36)(H,31,34,35). The van der Waals surface area contributed by atoms with Crippen LogP contribution >= 0.6 is 11.6 Å². The lowest BCUT2D eigenvalue weighted by atomic mass is 10.0. The molecule has 3 aliphatic rings. The monoisotopic (exact) mass is 556 g/mol. The van der Waals surface area contributed by atoms with Crippen LogP contribution in [0.2, 0.25) is 5.02 Å². The first kappa shape index (κ1) is 27.4. The molecule has 0 aromatic heterocycles. The van der Waals surface area contributed by atoms with E-state index >= 15 is 0 Å². The van der Waals surface area contributed by atoms with Crippen LogP contribution in [0.5, 0.6) is 5.75 Å². The molecule has 208 valence electrons. The third-order valence-electron chi connectivity index (χ3n) is 7.35. The van der Waals surface area contributed by atoms with E-state index in [1.807, 2.05) is 25.1 Å². The molecular weight excluding hydrogens is 524 g/mol. The van der Waals surface area contributed by atoms with Gasteiger partial charge in [-0.25, -0.2) is 4.79 Å². The van der Waals surface area contributed by atoms with Crippen molar-refractivity contribution in [2.45, 2.75) is 45.5 Å². The maximum absolute atomic E-state index is 12.6. The summed E-state index contributed by atoms with van der Waals surface area (Å²) in [5.74, 6) is 0.164. The number of morpholine rings is 1. The maximum atomic E-state index is 12.6. The molecule has 2 fully saturated rings. The Morgan fingerprint density at radius 3 is 2.74 bits per heavy atom. The molecule has 3 heterocycles. The van der Waals surface area contributed by atoms with Gasteiger partial charge in [0.05, 0.1) is 19.3 Å². The Kier molecular flexibility index (Phi) is 8.66. The molecule has 1 unspecified atom stereocenters. The Balaban J connectivity index is 1.12. The number of hydrogen-bond donors (Lipinski definition) is 2. The number of benzene rings is 2. The first-order valence-corrected chi connectivity index (χ1v) is 13.6. The average molecular weight is 557 g/mol. The number of amides is 3. The molecule has 0 radical (unpaired) electrons. The molecule has 10 nitrogen and oxygen atoms in total. The van der Waals surface area contributed by atoms with Gasteiger partial charge in [-0.3, -0.25) is 30.0 Å². The van der Waals surface area contributed by atoms with Crippen molar-refractivity contribution in [1.82, 2.24) is 15.1 Å². The number of rotatable bonds is 8. The lowest BCUT2D eigenvalue weighted by molar-refractivity contribution is -0.137. The molecule has 0 aliphatic carbocycles. The fourth-order valence-electron chi connectivity index (χ4n) is 5.10. The highest BCUT2D eigenvalue weighted by Gasteiger charge is 2.34. The molecule has 2 aromatic carbocycles. The van der Waals surface area contributed by atoms with E-state index < -0.39 is 6.09 Å². The first-order valence-electron chi connectivity index (χ1n) is 13.2. The molecule has 3 aliphatic heterocycles. The van der Waals surface area contributed by atoms with Gasteiger partial charge in [-0.05, 0) is 36.1 Å². The van der Waals surface area contributed by atoms with Crippen molar-refractivity contribution in [2.24, 2.45) is 0 Å². The van der Waals surface area contributed by atoms with Crippen LogP contribution < -0.4 is 15.4 Å². The second kappa shape index (κ2) is 12.3. The predicted octanol–water partition coefficient (Wildman–Crippen LogP) is 3.23. The van der Waals surface area contributed by atoms with Crippen molar-refractivity contribution >= 4 is 35.2 Å². The third kappa shape index (κ3) is 6.88. The van der Waals surface area contributed by atoms with Crippen molar-refractivity contribution in [3.05, 3.63) is 57.6 Å². The Labute approximate surface area is 232 Å². The van der Waals surface area contributed by atoms with Gasteiger partial charge in [0.1, 0.15) is 19.0 Å². The van der Waals surface area contributed by atoms with Gasteiger partial charge in [-0.1, -0.05) is 29.8 Å². The molecule has 2 saturated heterocycles. The lowest BCUT2D eigenvalue weighted by Gasteiger charge is -2.29. The summed E-state index contributed by atoms with van der Waals surface area (Å²) < 4.78 is 16.8. The van der Waals surface area contributed by atoms with Crippen LogP contribution in [-0.2, 0) is 38.8 Å². The molecule has 2 N–H and O–H groups in total. The van der Waals surface area contributed by atoms with Gasteiger partial charge in [-0.15, -0.1) is 0 Å². The molecule has 3 amide bonds. The lowest BCUT2D eigenvalue weighted by Crippen LogP contribution is -2.50. The Hall–Kier alpha value is -3.18. The zero-order valence-corrected chi connectivity index (χ0v) is 22.7. The fourth-order valence-corrected chi connectivity index (χ4v) is 5.31. The third-order valence-corrected chi connectivity index (χ3v) is 7.74.